The van der Waals surface area contributed by atoms with E-state index in [1.165, 1.54) is 12.1 Å². The van der Waals surface area contributed by atoms with Crippen LogP contribution in [0.15, 0.2) is 54.7 Å². The molecule has 1 aromatic heterocycles. The third-order valence-electron chi connectivity index (χ3n) is 4.17. The highest BCUT2D eigenvalue weighted by Crippen LogP contribution is 2.26. The fourth-order valence-electron chi connectivity index (χ4n) is 2.46. The Kier molecular flexibility index (Phi) is 5.23. The Morgan fingerprint density at radius 2 is 1.78 bits per heavy atom. The molecule has 7 heteroatoms. The van der Waals surface area contributed by atoms with Gasteiger partial charge in [-0.15, -0.1) is 0 Å². The van der Waals surface area contributed by atoms with Gasteiger partial charge in [-0.25, -0.2) is 9.37 Å². The van der Waals surface area contributed by atoms with Crippen molar-refractivity contribution in [3.8, 4) is 5.75 Å². The van der Waals surface area contributed by atoms with E-state index >= 15 is 0 Å². The molecule has 140 valence electrons. The second kappa shape index (κ2) is 7.59. The quantitative estimate of drug-likeness (QED) is 0.524. The van der Waals surface area contributed by atoms with E-state index in [9.17, 15) is 14.6 Å². The lowest BCUT2D eigenvalue weighted by Crippen LogP contribution is -2.21. The number of nitrogens with one attached hydrogen (secondary N) is 2. The minimum absolute atomic E-state index is 0.00358. The summed E-state index contributed by atoms with van der Waals surface area (Å²) in [6.45, 7) is 3.96. The van der Waals surface area contributed by atoms with Crippen molar-refractivity contribution in [2.75, 3.05) is 17.2 Å². The number of rotatable bonds is 6. The van der Waals surface area contributed by atoms with Crippen LogP contribution in [0.5, 0.6) is 5.75 Å². The van der Waals surface area contributed by atoms with E-state index in [-0.39, 0.29) is 29.5 Å². The molecule has 3 rings (SSSR count). The van der Waals surface area contributed by atoms with Crippen molar-refractivity contribution in [1.29, 1.82) is 0 Å². The zero-order valence-corrected chi connectivity index (χ0v) is 15.1. The van der Waals surface area contributed by atoms with E-state index in [0.717, 1.165) is 17.4 Å². The molecule has 4 N–H and O–H groups in total. The molecule has 0 spiro atoms. The molecular weight excluding hydrogens is 347 g/mol. The average molecular weight is 368 g/mol. The monoisotopic (exact) mass is 368 g/mol. The molecule has 0 saturated heterocycles. The van der Waals surface area contributed by atoms with Crippen molar-refractivity contribution in [2.45, 2.75) is 19.3 Å². The number of phenolic OH excluding ortho intramolecular Hbond substituents is 1. The Hall–Kier alpha value is -3.19. The Morgan fingerprint density at radius 1 is 1.04 bits per heavy atom. The largest absolute Gasteiger partial charge is 0.508 e. The third kappa shape index (κ3) is 4.51. The predicted octanol–water partition coefficient (Wildman–Crippen LogP) is 4.08. The van der Waals surface area contributed by atoms with Crippen LogP contribution in [0.2, 0.25) is 0 Å². The van der Waals surface area contributed by atoms with Gasteiger partial charge in [0.15, 0.2) is 11.6 Å². The maximum Gasteiger partial charge on any atom is 0.229 e. The SMILES string of the molecule is CC(C)(CO)c1ccc(Nc2ncc(F)c(Nc3cccc(O)c3)n2)cc1. The summed E-state index contributed by atoms with van der Waals surface area (Å²) in [5.41, 5.74) is 1.92. The zero-order valence-electron chi connectivity index (χ0n) is 15.1. The molecule has 3 aromatic rings. The summed E-state index contributed by atoms with van der Waals surface area (Å²) in [6.07, 6.45) is 1.07. The molecule has 0 unspecified atom stereocenters. The molecule has 1 heterocycles. The molecule has 0 saturated carbocycles. The van der Waals surface area contributed by atoms with Crippen LogP contribution in [0.3, 0.4) is 0 Å². The van der Waals surface area contributed by atoms with E-state index in [1.807, 2.05) is 38.1 Å². The summed E-state index contributed by atoms with van der Waals surface area (Å²) in [5.74, 6) is -0.313. The van der Waals surface area contributed by atoms with Gasteiger partial charge in [0.1, 0.15) is 5.75 Å². The second-order valence-electron chi connectivity index (χ2n) is 6.81. The van der Waals surface area contributed by atoms with Gasteiger partial charge in [0.05, 0.1) is 12.8 Å². The van der Waals surface area contributed by atoms with E-state index in [0.29, 0.717) is 5.69 Å². The molecule has 0 atom stereocenters. The number of aromatic nitrogens is 2. The van der Waals surface area contributed by atoms with Crippen molar-refractivity contribution < 1.29 is 14.6 Å². The lowest BCUT2D eigenvalue weighted by Gasteiger charge is -2.22. The summed E-state index contributed by atoms with van der Waals surface area (Å²) in [7, 11) is 0. The van der Waals surface area contributed by atoms with E-state index in [1.54, 1.807) is 12.1 Å². The van der Waals surface area contributed by atoms with Crippen LogP contribution in [0.4, 0.5) is 27.5 Å². The van der Waals surface area contributed by atoms with Crippen LogP contribution in [0, 0.1) is 5.82 Å². The summed E-state index contributed by atoms with van der Waals surface area (Å²) in [4.78, 5) is 8.10. The van der Waals surface area contributed by atoms with Crippen molar-refractivity contribution in [2.24, 2.45) is 0 Å². The summed E-state index contributed by atoms with van der Waals surface area (Å²) in [5, 5.41) is 24.8. The number of nitrogens with zero attached hydrogens (tertiary/aromatic N) is 2. The van der Waals surface area contributed by atoms with Crippen molar-refractivity contribution in [1.82, 2.24) is 9.97 Å². The molecule has 0 aliphatic heterocycles. The first kappa shape index (κ1) is 18.6. The number of halogens is 1. The summed E-state index contributed by atoms with van der Waals surface area (Å²) < 4.78 is 14.0. The fraction of sp³-hybridized carbons (Fsp3) is 0.200. The van der Waals surface area contributed by atoms with Crippen LogP contribution in [0.25, 0.3) is 0 Å². The lowest BCUT2D eigenvalue weighted by atomic mass is 9.86. The van der Waals surface area contributed by atoms with E-state index < -0.39 is 5.82 Å². The van der Waals surface area contributed by atoms with Crippen LogP contribution in [0.1, 0.15) is 19.4 Å². The van der Waals surface area contributed by atoms with Gasteiger partial charge < -0.3 is 20.8 Å². The van der Waals surface area contributed by atoms with Crippen LogP contribution in [-0.4, -0.2) is 26.8 Å². The van der Waals surface area contributed by atoms with Crippen molar-refractivity contribution >= 4 is 23.1 Å². The lowest BCUT2D eigenvalue weighted by molar-refractivity contribution is 0.218. The Bertz CT molecular complexity index is 930. The standard InChI is InChI=1S/C20H21FN4O2/c1-20(2,12-26)13-6-8-14(9-7-13)24-19-22-11-17(21)18(25-19)23-15-4-3-5-16(27)10-15/h3-11,26-27H,12H2,1-2H3,(H2,22,23,24,25). The number of aliphatic hydroxyl groups excluding tert-OH is 1. The maximum atomic E-state index is 14.0. The maximum absolute atomic E-state index is 14.0. The molecule has 0 radical (unpaired) electrons. The van der Waals surface area contributed by atoms with Gasteiger partial charge >= 0.3 is 0 Å². The molecule has 0 fully saturated rings. The first-order valence-electron chi connectivity index (χ1n) is 8.44. The van der Waals surface area contributed by atoms with Gasteiger partial charge in [-0.05, 0) is 29.8 Å². The normalized spacial score (nSPS) is 11.3. The smallest absolute Gasteiger partial charge is 0.229 e. The Morgan fingerprint density at radius 3 is 2.44 bits per heavy atom. The van der Waals surface area contributed by atoms with E-state index in [4.69, 9.17) is 0 Å². The number of phenols is 1. The molecule has 0 aliphatic carbocycles. The molecule has 0 amide bonds. The first-order valence-corrected chi connectivity index (χ1v) is 8.44. The number of aromatic hydroxyl groups is 1. The molecular formula is C20H21FN4O2. The Balaban J connectivity index is 1.78. The number of hydrogen-bond acceptors (Lipinski definition) is 6. The minimum atomic E-state index is -0.607. The predicted molar refractivity (Wildman–Crippen MR) is 103 cm³/mol. The summed E-state index contributed by atoms with van der Waals surface area (Å²) >= 11 is 0. The highest BCUT2D eigenvalue weighted by molar-refractivity contribution is 5.61. The molecule has 0 bridgehead atoms. The van der Waals surface area contributed by atoms with Crippen LogP contribution in [-0.2, 0) is 5.41 Å². The van der Waals surface area contributed by atoms with Gasteiger partial charge in [-0.3, -0.25) is 0 Å². The number of benzene rings is 2. The van der Waals surface area contributed by atoms with Crippen LogP contribution < -0.4 is 10.6 Å². The third-order valence-corrected chi connectivity index (χ3v) is 4.17. The topological polar surface area (TPSA) is 90.3 Å². The van der Waals surface area contributed by atoms with Crippen LogP contribution >= 0.6 is 0 Å². The average Bonchev–Trinajstić information content (AvgIpc) is 2.65. The van der Waals surface area contributed by atoms with Crippen molar-refractivity contribution in [3.05, 3.63) is 66.1 Å². The highest BCUT2D eigenvalue weighted by atomic mass is 19.1. The van der Waals surface area contributed by atoms with Crippen molar-refractivity contribution in [3.63, 3.8) is 0 Å². The zero-order chi connectivity index (χ0) is 19.4. The van der Waals surface area contributed by atoms with Gasteiger partial charge in [0, 0.05) is 22.9 Å². The molecule has 0 aliphatic rings. The fourth-order valence-corrected chi connectivity index (χ4v) is 2.46. The second-order valence-corrected chi connectivity index (χ2v) is 6.81. The molecule has 2 aromatic carbocycles. The Labute approximate surface area is 156 Å². The van der Waals surface area contributed by atoms with E-state index in [2.05, 4.69) is 20.6 Å². The highest BCUT2D eigenvalue weighted by Gasteiger charge is 2.19. The van der Waals surface area contributed by atoms with Gasteiger partial charge in [0.2, 0.25) is 5.95 Å². The molecule has 27 heavy (non-hydrogen) atoms. The minimum Gasteiger partial charge on any atom is -0.508 e. The molecule has 6 nitrogen and oxygen atoms in total. The van der Waals surface area contributed by atoms with Gasteiger partial charge in [-0.1, -0.05) is 32.0 Å². The van der Waals surface area contributed by atoms with Gasteiger partial charge in [0.25, 0.3) is 0 Å². The summed E-state index contributed by atoms with van der Waals surface area (Å²) in [6, 6.07) is 13.8. The van der Waals surface area contributed by atoms with Gasteiger partial charge in [-0.2, -0.15) is 4.98 Å². The first-order chi connectivity index (χ1) is 12.9. The number of hydrogen-bond donors (Lipinski definition) is 4. The number of anilines is 4. The number of aliphatic hydroxyl groups is 1.